The lowest BCUT2D eigenvalue weighted by atomic mass is 10.1. The predicted octanol–water partition coefficient (Wildman–Crippen LogP) is 2.43. The third kappa shape index (κ3) is 1.89. The minimum absolute atomic E-state index is 0.0473. The molecule has 0 amide bonds. The van der Waals surface area contributed by atoms with Gasteiger partial charge in [0.2, 0.25) is 12.6 Å². The number of hydrogen-bond donors (Lipinski definition) is 0. The summed E-state index contributed by atoms with van der Waals surface area (Å²) in [5.41, 5.74) is 0.885. The van der Waals surface area contributed by atoms with Gasteiger partial charge in [0, 0.05) is 6.42 Å². The van der Waals surface area contributed by atoms with Gasteiger partial charge in [0.1, 0.15) is 0 Å². The summed E-state index contributed by atoms with van der Waals surface area (Å²) in [6.45, 7) is 0.241. The van der Waals surface area contributed by atoms with Crippen LogP contribution in [0.15, 0.2) is 41.0 Å². The van der Waals surface area contributed by atoms with Gasteiger partial charge in [0.25, 0.3) is 0 Å². The Morgan fingerprint density at radius 3 is 2.88 bits per heavy atom. The predicted molar refractivity (Wildman–Crippen MR) is 59.3 cm³/mol. The Morgan fingerprint density at radius 1 is 1.18 bits per heavy atom. The molecule has 0 radical (unpaired) electrons. The molecule has 4 heteroatoms. The second-order valence-corrected chi connectivity index (χ2v) is 3.76. The van der Waals surface area contributed by atoms with Crippen molar-refractivity contribution in [2.24, 2.45) is 0 Å². The number of benzene rings is 1. The summed E-state index contributed by atoms with van der Waals surface area (Å²) in [6.07, 6.45) is 1.79. The molecule has 2 aromatic rings. The first-order chi connectivity index (χ1) is 8.33. The van der Waals surface area contributed by atoms with Gasteiger partial charge in [-0.2, -0.15) is 0 Å². The second kappa shape index (κ2) is 3.97. The number of carbonyl (C=O) groups is 1. The Hall–Kier alpha value is -2.23. The molecule has 17 heavy (non-hydrogen) atoms. The van der Waals surface area contributed by atoms with Gasteiger partial charge in [-0.25, -0.2) is 0 Å². The molecule has 0 fully saturated rings. The first-order valence-electron chi connectivity index (χ1n) is 5.28. The van der Waals surface area contributed by atoms with Crippen molar-refractivity contribution >= 4 is 5.78 Å². The summed E-state index contributed by atoms with van der Waals surface area (Å²) in [7, 11) is 0. The van der Waals surface area contributed by atoms with Gasteiger partial charge >= 0.3 is 0 Å². The number of Topliss-reactive ketones (excluding diaryl/α,β-unsaturated/α-hetero) is 1. The van der Waals surface area contributed by atoms with Gasteiger partial charge in [-0.15, -0.1) is 0 Å². The molecule has 0 bridgehead atoms. The molecule has 2 heterocycles. The number of ether oxygens (including phenoxy) is 2. The van der Waals surface area contributed by atoms with E-state index in [9.17, 15) is 4.79 Å². The summed E-state index contributed by atoms with van der Waals surface area (Å²) >= 11 is 0. The molecule has 0 saturated heterocycles. The molecule has 1 aromatic carbocycles. The fraction of sp³-hybridized carbons (Fsp3) is 0.154. The van der Waals surface area contributed by atoms with E-state index in [1.807, 2.05) is 18.2 Å². The average Bonchev–Trinajstić information content (AvgIpc) is 2.99. The zero-order chi connectivity index (χ0) is 11.7. The quantitative estimate of drug-likeness (QED) is 0.760. The van der Waals surface area contributed by atoms with E-state index in [0.717, 1.165) is 11.3 Å². The van der Waals surface area contributed by atoms with Crippen LogP contribution in [0.3, 0.4) is 0 Å². The van der Waals surface area contributed by atoms with Crippen molar-refractivity contribution in [1.82, 2.24) is 0 Å². The molecule has 86 valence electrons. The Kier molecular flexibility index (Phi) is 2.33. The molecular weight excluding hydrogens is 220 g/mol. The summed E-state index contributed by atoms with van der Waals surface area (Å²) in [5.74, 6) is 1.74. The van der Waals surface area contributed by atoms with Crippen LogP contribution >= 0.6 is 0 Å². The SMILES string of the molecule is O=C(Cc1ccc2c(c1)OCO2)c1ccco1. The van der Waals surface area contributed by atoms with Crippen LogP contribution < -0.4 is 9.47 Å². The molecule has 0 spiro atoms. The normalized spacial score (nSPS) is 12.7. The minimum atomic E-state index is -0.0473. The summed E-state index contributed by atoms with van der Waals surface area (Å²) < 4.78 is 15.5. The summed E-state index contributed by atoms with van der Waals surface area (Å²) in [6, 6.07) is 8.85. The molecule has 4 nitrogen and oxygen atoms in total. The Balaban J connectivity index is 1.80. The van der Waals surface area contributed by atoms with Gasteiger partial charge < -0.3 is 13.9 Å². The Morgan fingerprint density at radius 2 is 2.06 bits per heavy atom. The molecule has 0 unspecified atom stereocenters. The largest absolute Gasteiger partial charge is 0.461 e. The van der Waals surface area contributed by atoms with Gasteiger partial charge in [-0.1, -0.05) is 6.07 Å². The van der Waals surface area contributed by atoms with Gasteiger partial charge in [-0.3, -0.25) is 4.79 Å². The van der Waals surface area contributed by atoms with E-state index in [-0.39, 0.29) is 12.6 Å². The molecule has 0 atom stereocenters. The topological polar surface area (TPSA) is 48.7 Å². The van der Waals surface area contributed by atoms with E-state index in [2.05, 4.69) is 0 Å². The molecule has 1 aliphatic rings. The van der Waals surface area contributed by atoms with Crippen molar-refractivity contribution in [3.05, 3.63) is 47.9 Å². The maximum atomic E-state index is 11.8. The van der Waals surface area contributed by atoms with E-state index in [1.165, 1.54) is 6.26 Å². The van der Waals surface area contributed by atoms with Crippen molar-refractivity contribution in [2.75, 3.05) is 6.79 Å². The molecule has 0 N–H and O–H groups in total. The first kappa shape index (κ1) is 9.96. The van der Waals surface area contributed by atoms with Crippen molar-refractivity contribution in [1.29, 1.82) is 0 Å². The van der Waals surface area contributed by atoms with Crippen molar-refractivity contribution in [3.8, 4) is 11.5 Å². The van der Waals surface area contributed by atoms with Crippen molar-refractivity contribution < 1.29 is 18.7 Å². The molecule has 3 rings (SSSR count). The summed E-state index contributed by atoms with van der Waals surface area (Å²) in [5, 5.41) is 0. The number of furan rings is 1. The highest BCUT2D eigenvalue weighted by atomic mass is 16.7. The number of carbonyl (C=O) groups excluding carboxylic acids is 1. The third-order valence-corrected chi connectivity index (χ3v) is 2.60. The Bertz CT molecular complexity index is 543. The maximum Gasteiger partial charge on any atom is 0.231 e. The van der Waals surface area contributed by atoms with Crippen molar-refractivity contribution in [3.63, 3.8) is 0 Å². The van der Waals surface area contributed by atoms with Crippen LogP contribution in [0.1, 0.15) is 16.1 Å². The smallest absolute Gasteiger partial charge is 0.231 e. The number of ketones is 1. The molecule has 1 aliphatic heterocycles. The van der Waals surface area contributed by atoms with Crippen LogP contribution in [-0.2, 0) is 6.42 Å². The average molecular weight is 230 g/mol. The highest BCUT2D eigenvalue weighted by molar-refractivity contribution is 5.95. The Labute approximate surface area is 97.8 Å². The van der Waals surface area contributed by atoms with Crippen LogP contribution in [0.5, 0.6) is 11.5 Å². The van der Waals surface area contributed by atoms with E-state index in [0.29, 0.717) is 17.9 Å². The van der Waals surface area contributed by atoms with Crippen molar-refractivity contribution in [2.45, 2.75) is 6.42 Å². The van der Waals surface area contributed by atoms with Crippen LogP contribution in [0.25, 0.3) is 0 Å². The van der Waals surface area contributed by atoms with Crippen LogP contribution in [0.4, 0.5) is 0 Å². The number of rotatable bonds is 3. The fourth-order valence-corrected chi connectivity index (χ4v) is 1.76. The van der Waals surface area contributed by atoms with E-state index >= 15 is 0 Å². The molecule has 0 aliphatic carbocycles. The zero-order valence-corrected chi connectivity index (χ0v) is 9.01. The van der Waals surface area contributed by atoms with Gasteiger partial charge in [0.05, 0.1) is 6.26 Å². The summed E-state index contributed by atoms with van der Waals surface area (Å²) in [4.78, 5) is 11.8. The highest BCUT2D eigenvalue weighted by Gasteiger charge is 2.15. The van der Waals surface area contributed by atoms with E-state index in [4.69, 9.17) is 13.9 Å². The lowest BCUT2D eigenvalue weighted by Gasteiger charge is -2.01. The standard InChI is InChI=1S/C13H10O4/c14-10(11-2-1-5-15-11)6-9-3-4-12-13(7-9)17-8-16-12/h1-5,7H,6,8H2. The van der Waals surface area contributed by atoms with Gasteiger partial charge in [-0.05, 0) is 29.8 Å². The molecule has 1 aromatic heterocycles. The number of hydrogen-bond acceptors (Lipinski definition) is 4. The minimum Gasteiger partial charge on any atom is -0.461 e. The molecular formula is C13H10O4. The fourth-order valence-electron chi connectivity index (χ4n) is 1.76. The highest BCUT2D eigenvalue weighted by Crippen LogP contribution is 2.32. The van der Waals surface area contributed by atoms with Crippen LogP contribution in [0, 0.1) is 0 Å². The van der Waals surface area contributed by atoms with E-state index < -0.39 is 0 Å². The van der Waals surface area contributed by atoms with Crippen LogP contribution in [-0.4, -0.2) is 12.6 Å². The monoisotopic (exact) mass is 230 g/mol. The van der Waals surface area contributed by atoms with Gasteiger partial charge in [0.15, 0.2) is 17.3 Å². The lowest BCUT2D eigenvalue weighted by Crippen LogP contribution is -2.01. The van der Waals surface area contributed by atoms with Crippen LogP contribution in [0.2, 0.25) is 0 Å². The van der Waals surface area contributed by atoms with E-state index in [1.54, 1.807) is 12.1 Å². The number of fused-ring (bicyclic) bond motifs is 1. The maximum absolute atomic E-state index is 11.8. The first-order valence-corrected chi connectivity index (χ1v) is 5.28. The lowest BCUT2D eigenvalue weighted by molar-refractivity contribution is 0.0966. The molecule has 0 saturated carbocycles. The third-order valence-electron chi connectivity index (χ3n) is 2.60. The second-order valence-electron chi connectivity index (χ2n) is 3.76. The zero-order valence-electron chi connectivity index (χ0n) is 9.01.